The van der Waals surface area contributed by atoms with Crippen molar-refractivity contribution in [3.8, 4) is 0 Å². The van der Waals surface area contributed by atoms with Gasteiger partial charge in [-0.15, -0.1) is 0 Å². The summed E-state index contributed by atoms with van der Waals surface area (Å²) in [5.41, 5.74) is 5.28. The van der Waals surface area contributed by atoms with Crippen LogP contribution in [0.3, 0.4) is 0 Å². The van der Waals surface area contributed by atoms with Crippen molar-refractivity contribution in [2.45, 2.75) is 26.3 Å². The van der Waals surface area contributed by atoms with Gasteiger partial charge in [0.05, 0.1) is 6.04 Å². The number of aryl methyl sites for hydroxylation is 1. The summed E-state index contributed by atoms with van der Waals surface area (Å²) in [4.78, 5) is 2.13. The fourth-order valence-electron chi connectivity index (χ4n) is 2.59. The zero-order valence-electron chi connectivity index (χ0n) is 13.6. The molecule has 2 nitrogen and oxygen atoms in total. The van der Waals surface area contributed by atoms with Gasteiger partial charge in [-0.3, -0.25) is 0 Å². The molecular formula is C19H26N2. The number of nitrogens with one attached hydrogen (secondary N) is 1. The monoisotopic (exact) mass is 282 g/mol. The van der Waals surface area contributed by atoms with Crippen molar-refractivity contribution in [1.29, 1.82) is 0 Å². The molecule has 0 aliphatic heterocycles. The summed E-state index contributed by atoms with van der Waals surface area (Å²) in [6, 6.07) is 18.0. The quantitative estimate of drug-likeness (QED) is 0.861. The van der Waals surface area contributed by atoms with E-state index in [1.807, 2.05) is 0 Å². The molecule has 112 valence electrons. The van der Waals surface area contributed by atoms with E-state index in [1.165, 1.54) is 22.4 Å². The van der Waals surface area contributed by atoms with Crippen molar-refractivity contribution in [3.63, 3.8) is 0 Å². The lowest BCUT2D eigenvalue weighted by Gasteiger charge is -2.21. The number of benzene rings is 2. The highest BCUT2D eigenvalue weighted by Crippen LogP contribution is 2.25. The first-order chi connectivity index (χ1) is 10.2. The highest BCUT2D eigenvalue weighted by Gasteiger charge is 2.13. The van der Waals surface area contributed by atoms with E-state index in [-0.39, 0.29) is 6.04 Å². The Hall–Kier alpha value is -1.80. The lowest BCUT2D eigenvalue weighted by Crippen LogP contribution is -2.22. The smallest absolute Gasteiger partial charge is 0.0576 e. The molecule has 1 unspecified atom stereocenters. The van der Waals surface area contributed by atoms with Crippen LogP contribution in [0.15, 0.2) is 48.5 Å². The van der Waals surface area contributed by atoms with E-state index in [0.717, 1.165) is 13.0 Å². The molecule has 0 radical (unpaired) electrons. The fourth-order valence-corrected chi connectivity index (χ4v) is 2.59. The van der Waals surface area contributed by atoms with Gasteiger partial charge < -0.3 is 10.2 Å². The Morgan fingerprint density at radius 3 is 2.24 bits per heavy atom. The normalized spacial score (nSPS) is 12.2. The summed E-state index contributed by atoms with van der Waals surface area (Å²) >= 11 is 0. The highest BCUT2D eigenvalue weighted by molar-refractivity contribution is 5.47. The summed E-state index contributed by atoms with van der Waals surface area (Å²) in [6.45, 7) is 5.31. The zero-order valence-corrected chi connectivity index (χ0v) is 13.6. The maximum atomic E-state index is 3.60. The second-order valence-corrected chi connectivity index (χ2v) is 5.58. The third-order valence-corrected chi connectivity index (χ3v) is 3.84. The molecule has 2 aromatic carbocycles. The third-order valence-electron chi connectivity index (χ3n) is 3.84. The standard InChI is InChI=1S/C19H26N2/c1-5-15-8-7-9-17(14-15)19(20-6-2)16-10-12-18(13-11-16)21(3)4/h7-14,19-20H,5-6H2,1-4H3. The first-order valence-electron chi connectivity index (χ1n) is 7.75. The van der Waals surface area contributed by atoms with Gasteiger partial charge in [0.25, 0.3) is 0 Å². The van der Waals surface area contributed by atoms with Crippen LogP contribution in [0.4, 0.5) is 5.69 Å². The largest absolute Gasteiger partial charge is 0.378 e. The van der Waals surface area contributed by atoms with Crippen LogP contribution < -0.4 is 10.2 Å². The second-order valence-electron chi connectivity index (χ2n) is 5.58. The first kappa shape index (κ1) is 15.6. The first-order valence-corrected chi connectivity index (χ1v) is 7.75. The van der Waals surface area contributed by atoms with Crippen molar-refractivity contribution in [3.05, 3.63) is 65.2 Å². The Morgan fingerprint density at radius 1 is 0.952 bits per heavy atom. The van der Waals surface area contributed by atoms with E-state index in [2.05, 4.69) is 86.7 Å². The summed E-state index contributed by atoms with van der Waals surface area (Å²) in [5.74, 6) is 0. The van der Waals surface area contributed by atoms with Gasteiger partial charge in [0.15, 0.2) is 0 Å². The molecule has 0 aromatic heterocycles. The van der Waals surface area contributed by atoms with Crippen LogP contribution >= 0.6 is 0 Å². The lowest BCUT2D eigenvalue weighted by molar-refractivity contribution is 0.630. The van der Waals surface area contributed by atoms with Gasteiger partial charge in [-0.2, -0.15) is 0 Å². The van der Waals surface area contributed by atoms with Crippen molar-refractivity contribution < 1.29 is 0 Å². The zero-order chi connectivity index (χ0) is 15.2. The van der Waals surface area contributed by atoms with Crippen molar-refractivity contribution in [1.82, 2.24) is 5.32 Å². The summed E-state index contributed by atoms with van der Waals surface area (Å²) < 4.78 is 0. The summed E-state index contributed by atoms with van der Waals surface area (Å²) in [5, 5.41) is 3.60. The molecule has 1 atom stereocenters. The van der Waals surface area contributed by atoms with E-state index in [1.54, 1.807) is 0 Å². The van der Waals surface area contributed by atoms with Crippen LogP contribution in [-0.4, -0.2) is 20.6 Å². The molecule has 0 amide bonds. The predicted molar refractivity (Wildman–Crippen MR) is 92.1 cm³/mol. The summed E-state index contributed by atoms with van der Waals surface area (Å²) in [6.07, 6.45) is 1.08. The van der Waals surface area contributed by atoms with E-state index in [4.69, 9.17) is 0 Å². The number of hydrogen-bond acceptors (Lipinski definition) is 2. The van der Waals surface area contributed by atoms with Crippen LogP contribution in [-0.2, 0) is 6.42 Å². The Balaban J connectivity index is 2.33. The van der Waals surface area contributed by atoms with Crippen molar-refractivity contribution in [2.24, 2.45) is 0 Å². The second kappa shape index (κ2) is 7.28. The van der Waals surface area contributed by atoms with E-state index in [0.29, 0.717) is 0 Å². The molecule has 0 bridgehead atoms. The highest BCUT2D eigenvalue weighted by atomic mass is 15.1. The molecule has 2 heteroatoms. The molecule has 0 heterocycles. The molecule has 1 N–H and O–H groups in total. The topological polar surface area (TPSA) is 15.3 Å². The summed E-state index contributed by atoms with van der Waals surface area (Å²) in [7, 11) is 4.14. The van der Waals surface area contributed by atoms with Crippen LogP contribution in [0.5, 0.6) is 0 Å². The average Bonchev–Trinajstić information content (AvgIpc) is 2.52. The third kappa shape index (κ3) is 3.85. The Morgan fingerprint density at radius 2 is 1.67 bits per heavy atom. The van der Waals surface area contributed by atoms with Crippen LogP contribution in [0.25, 0.3) is 0 Å². The van der Waals surface area contributed by atoms with E-state index < -0.39 is 0 Å². The van der Waals surface area contributed by atoms with Crippen molar-refractivity contribution in [2.75, 3.05) is 25.5 Å². The molecule has 0 saturated carbocycles. The molecule has 0 spiro atoms. The van der Waals surface area contributed by atoms with Crippen LogP contribution in [0.1, 0.15) is 36.6 Å². The number of hydrogen-bond donors (Lipinski definition) is 1. The number of anilines is 1. The van der Waals surface area contributed by atoms with Gasteiger partial charge in [-0.05, 0) is 41.8 Å². The molecule has 0 aliphatic rings. The van der Waals surface area contributed by atoms with Gasteiger partial charge in [0.2, 0.25) is 0 Å². The minimum atomic E-state index is 0.262. The van der Waals surface area contributed by atoms with Crippen molar-refractivity contribution >= 4 is 5.69 Å². The molecule has 0 saturated heterocycles. The molecule has 21 heavy (non-hydrogen) atoms. The van der Waals surface area contributed by atoms with Gasteiger partial charge >= 0.3 is 0 Å². The average molecular weight is 282 g/mol. The molecule has 2 aromatic rings. The van der Waals surface area contributed by atoms with Gasteiger partial charge in [-0.1, -0.05) is 50.2 Å². The molecule has 0 fully saturated rings. The Kier molecular flexibility index (Phi) is 5.40. The number of rotatable bonds is 6. The number of nitrogens with zero attached hydrogens (tertiary/aromatic N) is 1. The molecule has 0 aliphatic carbocycles. The van der Waals surface area contributed by atoms with Crippen LogP contribution in [0.2, 0.25) is 0 Å². The minimum Gasteiger partial charge on any atom is -0.378 e. The van der Waals surface area contributed by atoms with Gasteiger partial charge in [0.1, 0.15) is 0 Å². The van der Waals surface area contributed by atoms with E-state index >= 15 is 0 Å². The van der Waals surface area contributed by atoms with Gasteiger partial charge in [-0.25, -0.2) is 0 Å². The minimum absolute atomic E-state index is 0.262. The Labute approximate surface area is 128 Å². The molecule has 2 rings (SSSR count). The predicted octanol–water partition coefficient (Wildman–Crippen LogP) is 4.01. The van der Waals surface area contributed by atoms with Gasteiger partial charge in [0, 0.05) is 19.8 Å². The SMILES string of the molecule is CCNC(c1ccc(N(C)C)cc1)c1cccc(CC)c1. The lowest BCUT2D eigenvalue weighted by atomic mass is 9.96. The molecular weight excluding hydrogens is 256 g/mol. The fraction of sp³-hybridized carbons (Fsp3) is 0.368. The Bertz CT molecular complexity index is 558. The van der Waals surface area contributed by atoms with E-state index in [9.17, 15) is 0 Å². The van der Waals surface area contributed by atoms with Crippen LogP contribution in [0, 0.1) is 0 Å². The maximum Gasteiger partial charge on any atom is 0.0576 e. The maximum absolute atomic E-state index is 3.60.